The summed E-state index contributed by atoms with van der Waals surface area (Å²) < 4.78 is 10.2. The van der Waals surface area contributed by atoms with Gasteiger partial charge in [-0.3, -0.25) is 0 Å². The van der Waals surface area contributed by atoms with Gasteiger partial charge in [0.2, 0.25) is 0 Å². The summed E-state index contributed by atoms with van der Waals surface area (Å²) >= 11 is 0. The maximum Gasteiger partial charge on any atom is 0.373 e. The predicted octanol–water partition coefficient (Wildman–Crippen LogP) is 2.41. The van der Waals surface area contributed by atoms with E-state index in [0.717, 1.165) is 25.7 Å². The highest BCUT2D eigenvalue weighted by Gasteiger charge is 2.19. The molecule has 1 rings (SSSR count). The smallest absolute Gasteiger partial charge is 0.373 e. The zero-order valence-electron chi connectivity index (χ0n) is 8.75. The summed E-state index contributed by atoms with van der Waals surface area (Å²) in [4.78, 5) is 11.4. The van der Waals surface area contributed by atoms with Crippen LogP contribution < -0.4 is 0 Å². The third-order valence-corrected chi connectivity index (χ3v) is 2.37. The minimum Gasteiger partial charge on any atom is -0.487 e. The summed E-state index contributed by atoms with van der Waals surface area (Å²) in [6.45, 7) is 5.79. The highest BCUT2D eigenvalue weighted by atomic mass is 16.6. The van der Waals surface area contributed by atoms with Crippen LogP contribution >= 0.6 is 0 Å². The lowest BCUT2D eigenvalue weighted by atomic mass is 9.98. The van der Waals surface area contributed by atoms with Gasteiger partial charge in [-0.2, -0.15) is 0 Å². The molecule has 1 fully saturated rings. The van der Waals surface area contributed by atoms with Crippen molar-refractivity contribution in [3.8, 4) is 0 Å². The summed E-state index contributed by atoms with van der Waals surface area (Å²) in [5, 5.41) is 0. The normalized spacial score (nSPS) is 17.5. The number of hydrogen-bond acceptors (Lipinski definition) is 3. The Morgan fingerprint density at radius 2 is 2.00 bits per heavy atom. The van der Waals surface area contributed by atoms with Crippen LogP contribution in [0.25, 0.3) is 0 Å². The average molecular weight is 198 g/mol. The minimum absolute atomic E-state index is 0.0773. The fourth-order valence-corrected chi connectivity index (χ4v) is 1.63. The predicted molar refractivity (Wildman–Crippen MR) is 53.7 cm³/mol. The molecule has 0 unspecified atom stereocenters. The highest BCUT2D eigenvalue weighted by Crippen LogP contribution is 2.21. The minimum atomic E-state index is -0.404. The first-order valence-corrected chi connectivity index (χ1v) is 5.26. The summed E-state index contributed by atoms with van der Waals surface area (Å²) in [7, 11) is 0. The molecule has 3 heteroatoms. The second kappa shape index (κ2) is 5.68. The number of carbonyl (C=O) groups excluding carboxylic acids is 1. The molecule has 0 aromatic carbocycles. The highest BCUT2D eigenvalue weighted by molar-refractivity contribution is 5.85. The lowest BCUT2D eigenvalue weighted by Crippen LogP contribution is -2.22. The molecule has 80 valence electrons. The molecule has 0 amide bonds. The molecule has 0 radical (unpaired) electrons. The van der Waals surface area contributed by atoms with E-state index >= 15 is 0 Å². The zero-order chi connectivity index (χ0) is 10.4. The van der Waals surface area contributed by atoms with Crippen molar-refractivity contribution in [2.24, 2.45) is 0 Å². The van der Waals surface area contributed by atoms with Gasteiger partial charge >= 0.3 is 5.97 Å². The molecule has 0 heterocycles. The van der Waals surface area contributed by atoms with E-state index in [0.29, 0.717) is 6.61 Å². The number of ether oxygens (including phenoxy) is 2. The molecule has 1 aliphatic rings. The van der Waals surface area contributed by atoms with Crippen molar-refractivity contribution in [3.05, 3.63) is 12.3 Å². The van der Waals surface area contributed by atoms with Crippen molar-refractivity contribution in [2.45, 2.75) is 45.1 Å². The van der Waals surface area contributed by atoms with Crippen LogP contribution in [0.4, 0.5) is 0 Å². The number of esters is 1. The van der Waals surface area contributed by atoms with Gasteiger partial charge in [-0.1, -0.05) is 6.42 Å². The van der Waals surface area contributed by atoms with Crippen LogP contribution in [0.2, 0.25) is 0 Å². The van der Waals surface area contributed by atoms with Crippen LogP contribution in [0.1, 0.15) is 39.0 Å². The Kier molecular flexibility index (Phi) is 4.50. The van der Waals surface area contributed by atoms with E-state index < -0.39 is 5.97 Å². The summed E-state index contributed by atoms with van der Waals surface area (Å²) in [5.41, 5.74) is 0. The lowest BCUT2D eigenvalue weighted by Gasteiger charge is -2.21. The van der Waals surface area contributed by atoms with Gasteiger partial charge in [0.15, 0.2) is 5.76 Å². The Labute approximate surface area is 85.1 Å². The third kappa shape index (κ3) is 3.40. The first-order valence-electron chi connectivity index (χ1n) is 5.26. The van der Waals surface area contributed by atoms with Gasteiger partial charge in [0.05, 0.1) is 6.61 Å². The monoisotopic (exact) mass is 198 g/mol. The van der Waals surface area contributed by atoms with Gasteiger partial charge < -0.3 is 9.47 Å². The molecule has 0 saturated heterocycles. The standard InChI is InChI=1S/C11H18O3/c1-3-13-9(2)11(12)14-10-7-5-4-6-8-10/h10H,2-8H2,1H3. The molecule has 0 spiro atoms. The van der Waals surface area contributed by atoms with E-state index in [2.05, 4.69) is 6.58 Å². The van der Waals surface area contributed by atoms with Crippen molar-refractivity contribution in [1.82, 2.24) is 0 Å². The van der Waals surface area contributed by atoms with Crippen molar-refractivity contribution >= 4 is 5.97 Å². The van der Waals surface area contributed by atoms with E-state index in [-0.39, 0.29) is 11.9 Å². The Balaban J connectivity index is 2.28. The largest absolute Gasteiger partial charge is 0.487 e. The molecule has 0 bridgehead atoms. The molecular formula is C11H18O3. The lowest BCUT2D eigenvalue weighted by molar-refractivity contribution is -0.149. The van der Waals surface area contributed by atoms with Crippen molar-refractivity contribution < 1.29 is 14.3 Å². The Morgan fingerprint density at radius 3 is 2.57 bits per heavy atom. The van der Waals surface area contributed by atoms with Gasteiger partial charge in [-0.15, -0.1) is 0 Å². The maximum atomic E-state index is 11.4. The van der Waals surface area contributed by atoms with Crippen LogP contribution in [0.5, 0.6) is 0 Å². The van der Waals surface area contributed by atoms with Crippen LogP contribution in [0, 0.1) is 0 Å². The number of carbonyl (C=O) groups is 1. The summed E-state index contributed by atoms with van der Waals surface area (Å²) in [5.74, 6) is -0.281. The molecule has 0 N–H and O–H groups in total. The summed E-state index contributed by atoms with van der Waals surface area (Å²) in [6.07, 6.45) is 5.59. The summed E-state index contributed by atoms with van der Waals surface area (Å²) in [6, 6.07) is 0. The van der Waals surface area contributed by atoms with Gasteiger partial charge in [-0.05, 0) is 39.2 Å². The van der Waals surface area contributed by atoms with Crippen molar-refractivity contribution in [3.63, 3.8) is 0 Å². The zero-order valence-corrected chi connectivity index (χ0v) is 8.75. The second-order valence-electron chi connectivity index (χ2n) is 3.52. The van der Waals surface area contributed by atoms with E-state index in [1.807, 2.05) is 6.92 Å². The van der Waals surface area contributed by atoms with Gasteiger partial charge in [-0.25, -0.2) is 4.79 Å². The Bertz CT molecular complexity index is 205. The molecule has 0 aliphatic heterocycles. The van der Waals surface area contributed by atoms with Gasteiger partial charge in [0, 0.05) is 0 Å². The van der Waals surface area contributed by atoms with Crippen LogP contribution in [0.3, 0.4) is 0 Å². The first kappa shape index (κ1) is 11.1. The fraction of sp³-hybridized carbons (Fsp3) is 0.727. The van der Waals surface area contributed by atoms with Crippen molar-refractivity contribution in [2.75, 3.05) is 6.61 Å². The molecule has 3 nitrogen and oxygen atoms in total. The topological polar surface area (TPSA) is 35.5 Å². The third-order valence-electron chi connectivity index (χ3n) is 2.37. The van der Waals surface area contributed by atoms with E-state index in [1.54, 1.807) is 0 Å². The first-order chi connectivity index (χ1) is 6.74. The maximum absolute atomic E-state index is 11.4. The van der Waals surface area contributed by atoms with Crippen LogP contribution in [0.15, 0.2) is 12.3 Å². The number of hydrogen-bond donors (Lipinski definition) is 0. The second-order valence-corrected chi connectivity index (χ2v) is 3.52. The molecule has 14 heavy (non-hydrogen) atoms. The quantitative estimate of drug-likeness (QED) is 0.395. The van der Waals surface area contributed by atoms with Gasteiger partial charge in [0.1, 0.15) is 6.10 Å². The molecule has 1 aliphatic carbocycles. The van der Waals surface area contributed by atoms with E-state index in [1.165, 1.54) is 6.42 Å². The number of rotatable bonds is 4. The molecule has 0 atom stereocenters. The molecule has 0 aromatic heterocycles. The SMILES string of the molecule is C=C(OCC)C(=O)OC1CCCCC1. The van der Waals surface area contributed by atoms with Gasteiger partial charge in [0.25, 0.3) is 0 Å². The van der Waals surface area contributed by atoms with Crippen LogP contribution in [-0.2, 0) is 14.3 Å². The molecule has 0 aromatic rings. The Morgan fingerprint density at radius 1 is 1.36 bits per heavy atom. The average Bonchev–Trinajstić information content (AvgIpc) is 2.19. The van der Waals surface area contributed by atoms with E-state index in [4.69, 9.17) is 9.47 Å². The fourth-order valence-electron chi connectivity index (χ4n) is 1.63. The van der Waals surface area contributed by atoms with Crippen LogP contribution in [-0.4, -0.2) is 18.7 Å². The molecular weight excluding hydrogens is 180 g/mol. The Hall–Kier alpha value is -0.990. The van der Waals surface area contributed by atoms with E-state index in [9.17, 15) is 4.79 Å². The molecule has 1 saturated carbocycles. The van der Waals surface area contributed by atoms with Crippen molar-refractivity contribution in [1.29, 1.82) is 0 Å².